The Balaban J connectivity index is 1.64. The molecule has 24 heavy (non-hydrogen) atoms. The molecule has 128 valence electrons. The number of imidazole rings is 1. The standard InChI is InChI=1S/C18H24N4O2/c23-17(16-12-19-10-11-24-16)21-18-20-14-8-4-5-9-15(14)22(18)13-6-2-1-3-7-13/h4-5,8-9,13,16,19H,1-3,6-7,10-12H2,(H,20,21,23). The van der Waals surface area contributed by atoms with E-state index < -0.39 is 6.10 Å². The molecule has 2 N–H and O–H groups in total. The minimum Gasteiger partial charge on any atom is -0.366 e. The van der Waals surface area contributed by atoms with Crippen LogP contribution in [0.15, 0.2) is 24.3 Å². The van der Waals surface area contributed by atoms with Crippen molar-refractivity contribution in [3.8, 4) is 0 Å². The second-order valence-electron chi connectivity index (χ2n) is 6.64. The zero-order valence-electron chi connectivity index (χ0n) is 13.8. The zero-order chi connectivity index (χ0) is 16.4. The van der Waals surface area contributed by atoms with Gasteiger partial charge in [-0.1, -0.05) is 31.4 Å². The van der Waals surface area contributed by atoms with Gasteiger partial charge in [0.25, 0.3) is 5.91 Å². The van der Waals surface area contributed by atoms with Gasteiger partial charge in [-0.3, -0.25) is 10.1 Å². The molecule has 1 aromatic carbocycles. The van der Waals surface area contributed by atoms with Crippen LogP contribution in [0.3, 0.4) is 0 Å². The molecule has 2 aliphatic rings. The third kappa shape index (κ3) is 3.03. The molecule has 2 fully saturated rings. The maximum absolute atomic E-state index is 12.5. The summed E-state index contributed by atoms with van der Waals surface area (Å²) in [7, 11) is 0. The first-order valence-corrected chi connectivity index (χ1v) is 8.93. The number of aromatic nitrogens is 2. The van der Waals surface area contributed by atoms with E-state index in [-0.39, 0.29) is 5.91 Å². The Hall–Kier alpha value is -1.92. The number of hydrogen-bond donors (Lipinski definition) is 2. The number of para-hydroxylation sites is 2. The topological polar surface area (TPSA) is 68.2 Å². The van der Waals surface area contributed by atoms with Gasteiger partial charge < -0.3 is 14.6 Å². The summed E-state index contributed by atoms with van der Waals surface area (Å²) in [6.07, 6.45) is 5.61. The summed E-state index contributed by atoms with van der Waals surface area (Å²) < 4.78 is 7.78. The van der Waals surface area contributed by atoms with Gasteiger partial charge in [0.15, 0.2) is 0 Å². The number of morpholine rings is 1. The van der Waals surface area contributed by atoms with Crippen molar-refractivity contribution in [3.05, 3.63) is 24.3 Å². The van der Waals surface area contributed by atoms with Crippen LogP contribution in [0.1, 0.15) is 38.1 Å². The number of rotatable bonds is 3. The minimum absolute atomic E-state index is 0.116. The molecule has 1 aromatic heterocycles. The predicted octanol–water partition coefficient (Wildman–Crippen LogP) is 2.47. The summed E-state index contributed by atoms with van der Waals surface area (Å²) in [4.78, 5) is 17.2. The number of hydrogen-bond acceptors (Lipinski definition) is 4. The highest BCUT2D eigenvalue weighted by atomic mass is 16.5. The van der Waals surface area contributed by atoms with E-state index in [4.69, 9.17) is 4.74 Å². The van der Waals surface area contributed by atoms with Gasteiger partial charge in [0.1, 0.15) is 6.10 Å². The summed E-state index contributed by atoms with van der Waals surface area (Å²) in [6, 6.07) is 8.52. The van der Waals surface area contributed by atoms with Crippen LogP contribution in [-0.2, 0) is 9.53 Å². The van der Waals surface area contributed by atoms with Crippen molar-refractivity contribution in [3.63, 3.8) is 0 Å². The summed E-state index contributed by atoms with van der Waals surface area (Å²) in [5, 5.41) is 6.21. The Morgan fingerprint density at radius 1 is 1.25 bits per heavy atom. The summed E-state index contributed by atoms with van der Waals surface area (Å²) in [6.45, 7) is 1.91. The highest BCUT2D eigenvalue weighted by Gasteiger charge is 2.26. The largest absolute Gasteiger partial charge is 0.366 e. The molecule has 0 radical (unpaired) electrons. The predicted molar refractivity (Wildman–Crippen MR) is 93.1 cm³/mol. The fourth-order valence-corrected chi connectivity index (χ4v) is 3.77. The van der Waals surface area contributed by atoms with Gasteiger partial charge in [-0.15, -0.1) is 0 Å². The molecule has 6 heteroatoms. The third-order valence-electron chi connectivity index (χ3n) is 4.99. The molecule has 1 saturated carbocycles. The van der Waals surface area contributed by atoms with Crippen molar-refractivity contribution in [2.75, 3.05) is 25.0 Å². The van der Waals surface area contributed by atoms with E-state index in [9.17, 15) is 4.79 Å². The minimum atomic E-state index is -0.446. The number of amides is 1. The molecule has 1 amide bonds. The molecule has 6 nitrogen and oxygen atoms in total. The van der Waals surface area contributed by atoms with Crippen molar-refractivity contribution < 1.29 is 9.53 Å². The van der Waals surface area contributed by atoms with E-state index in [1.165, 1.54) is 19.3 Å². The van der Waals surface area contributed by atoms with Crippen molar-refractivity contribution in [1.82, 2.24) is 14.9 Å². The Morgan fingerprint density at radius 2 is 2.08 bits per heavy atom. The monoisotopic (exact) mass is 328 g/mol. The van der Waals surface area contributed by atoms with Crippen LogP contribution in [0.2, 0.25) is 0 Å². The lowest BCUT2D eigenvalue weighted by Crippen LogP contribution is -2.45. The third-order valence-corrected chi connectivity index (χ3v) is 4.99. The molecular weight excluding hydrogens is 304 g/mol. The maximum Gasteiger partial charge on any atom is 0.257 e. The van der Waals surface area contributed by atoms with E-state index in [1.54, 1.807) is 0 Å². The lowest BCUT2D eigenvalue weighted by atomic mass is 9.95. The molecule has 4 rings (SSSR count). The van der Waals surface area contributed by atoms with Crippen molar-refractivity contribution in [1.29, 1.82) is 0 Å². The fraction of sp³-hybridized carbons (Fsp3) is 0.556. The van der Waals surface area contributed by atoms with Gasteiger partial charge in [0, 0.05) is 19.1 Å². The molecule has 1 aliphatic heterocycles. The van der Waals surface area contributed by atoms with Gasteiger partial charge in [0.05, 0.1) is 17.6 Å². The van der Waals surface area contributed by atoms with Crippen LogP contribution < -0.4 is 10.6 Å². The number of nitrogens with one attached hydrogen (secondary N) is 2. The second kappa shape index (κ2) is 6.91. The first-order chi connectivity index (χ1) is 11.8. The molecular formula is C18H24N4O2. The van der Waals surface area contributed by atoms with Crippen LogP contribution in [0.4, 0.5) is 5.95 Å². The smallest absolute Gasteiger partial charge is 0.257 e. The number of carbonyl (C=O) groups is 1. The van der Waals surface area contributed by atoms with Gasteiger partial charge in [0.2, 0.25) is 5.95 Å². The molecule has 1 saturated heterocycles. The average Bonchev–Trinajstić information content (AvgIpc) is 3.01. The van der Waals surface area contributed by atoms with Crippen LogP contribution in [-0.4, -0.2) is 41.3 Å². The SMILES string of the molecule is O=C(Nc1nc2ccccc2n1C1CCCCC1)C1CNCCO1. The summed E-state index contributed by atoms with van der Waals surface area (Å²) in [5.41, 5.74) is 2.03. The fourth-order valence-electron chi connectivity index (χ4n) is 3.77. The molecule has 1 atom stereocenters. The Bertz CT molecular complexity index is 715. The Kier molecular flexibility index (Phi) is 4.49. The average molecular weight is 328 g/mol. The normalized spacial score (nSPS) is 22.6. The Labute approximate surface area is 141 Å². The van der Waals surface area contributed by atoms with Crippen LogP contribution in [0, 0.1) is 0 Å². The molecule has 0 spiro atoms. The van der Waals surface area contributed by atoms with Gasteiger partial charge in [-0.25, -0.2) is 4.98 Å². The maximum atomic E-state index is 12.5. The number of carbonyl (C=O) groups excluding carboxylic acids is 1. The van der Waals surface area contributed by atoms with Gasteiger partial charge in [-0.05, 0) is 25.0 Å². The van der Waals surface area contributed by atoms with E-state index in [0.29, 0.717) is 25.1 Å². The van der Waals surface area contributed by atoms with Crippen LogP contribution >= 0.6 is 0 Å². The highest BCUT2D eigenvalue weighted by Crippen LogP contribution is 2.34. The van der Waals surface area contributed by atoms with Crippen LogP contribution in [0.25, 0.3) is 11.0 Å². The number of fused-ring (bicyclic) bond motifs is 1. The second-order valence-corrected chi connectivity index (χ2v) is 6.64. The lowest BCUT2D eigenvalue weighted by Gasteiger charge is -2.26. The number of ether oxygens (including phenoxy) is 1. The molecule has 2 aromatic rings. The van der Waals surface area contributed by atoms with Crippen LogP contribution in [0.5, 0.6) is 0 Å². The van der Waals surface area contributed by atoms with E-state index in [2.05, 4.69) is 26.3 Å². The molecule has 1 aliphatic carbocycles. The number of benzene rings is 1. The summed E-state index contributed by atoms with van der Waals surface area (Å²) >= 11 is 0. The molecule has 1 unspecified atom stereocenters. The van der Waals surface area contributed by atoms with Gasteiger partial charge in [-0.2, -0.15) is 0 Å². The van der Waals surface area contributed by atoms with Crippen molar-refractivity contribution >= 4 is 22.9 Å². The Morgan fingerprint density at radius 3 is 2.88 bits per heavy atom. The van der Waals surface area contributed by atoms with E-state index in [0.717, 1.165) is 30.4 Å². The highest BCUT2D eigenvalue weighted by molar-refractivity contribution is 5.94. The van der Waals surface area contributed by atoms with E-state index in [1.807, 2.05) is 18.2 Å². The zero-order valence-corrected chi connectivity index (χ0v) is 13.8. The van der Waals surface area contributed by atoms with Crippen molar-refractivity contribution in [2.45, 2.75) is 44.2 Å². The quantitative estimate of drug-likeness (QED) is 0.908. The van der Waals surface area contributed by atoms with E-state index >= 15 is 0 Å². The number of anilines is 1. The molecule has 2 heterocycles. The number of nitrogens with zero attached hydrogens (tertiary/aromatic N) is 2. The van der Waals surface area contributed by atoms with Gasteiger partial charge >= 0.3 is 0 Å². The van der Waals surface area contributed by atoms with Crippen molar-refractivity contribution in [2.24, 2.45) is 0 Å². The summed E-state index contributed by atoms with van der Waals surface area (Å²) in [5.74, 6) is 0.539. The lowest BCUT2D eigenvalue weighted by molar-refractivity contribution is -0.128. The first kappa shape index (κ1) is 15.6. The molecule has 0 bridgehead atoms. The first-order valence-electron chi connectivity index (χ1n) is 8.93.